The third-order valence-electron chi connectivity index (χ3n) is 2.35. The van der Waals surface area contributed by atoms with Crippen molar-refractivity contribution in [3.05, 3.63) is 72.9 Å². The molecule has 0 heterocycles. The predicted molar refractivity (Wildman–Crippen MR) is 97.4 cm³/mol. The molecule has 0 aliphatic carbocycles. The van der Waals surface area contributed by atoms with Crippen molar-refractivity contribution in [1.82, 2.24) is 0 Å². The van der Waals surface area contributed by atoms with Crippen LogP contribution in [0.3, 0.4) is 0 Å². The summed E-state index contributed by atoms with van der Waals surface area (Å²) in [6, 6.07) is 10.4. The minimum atomic E-state index is 0.381. The van der Waals surface area contributed by atoms with Gasteiger partial charge in [-0.05, 0) is 11.1 Å². The van der Waals surface area contributed by atoms with E-state index in [9.17, 15) is 0 Å². The molecule has 1 unspecified atom stereocenters. The molecule has 0 amide bonds. The van der Waals surface area contributed by atoms with E-state index in [4.69, 9.17) is 0 Å². The average molecular weight is 274 g/mol. The number of benzene rings is 1. The van der Waals surface area contributed by atoms with E-state index in [-0.39, 0.29) is 0 Å². The van der Waals surface area contributed by atoms with E-state index >= 15 is 0 Å². The second kappa shape index (κ2) is 19.8. The molecule has 0 saturated carbocycles. The molecule has 1 aromatic carbocycles. The Hall–Kier alpha value is -1.56. The molecule has 0 radical (unpaired) electrons. The van der Waals surface area contributed by atoms with E-state index in [1.54, 1.807) is 6.08 Å². The standard InChI is InChI=1S/C14H16.3C2H6/c1-4-9-13(5-2)12(3)14-10-7-6-8-11-14;3*1-2/h4-12H,1-2H2,3H3;3*1-2H3/b13-9+;;;. The number of rotatable bonds is 4. The molecule has 0 bridgehead atoms. The molecule has 0 N–H and O–H groups in total. The third kappa shape index (κ3) is 10.4. The van der Waals surface area contributed by atoms with E-state index in [1.165, 1.54) is 11.1 Å². The van der Waals surface area contributed by atoms with Crippen LogP contribution in [0.1, 0.15) is 59.9 Å². The van der Waals surface area contributed by atoms with Crippen LogP contribution in [0.25, 0.3) is 0 Å². The van der Waals surface area contributed by atoms with Crippen LogP contribution in [0.5, 0.6) is 0 Å². The van der Waals surface area contributed by atoms with Gasteiger partial charge in [-0.25, -0.2) is 0 Å². The normalized spacial score (nSPS) is 10.2. The van der Waals surface area contributed by atoms with Crippen LogP contribution in [0, 0.1) is 0 Å². The SMILES string of the molecule is C=C/C=C(\C=C)C(C)c1ccccc1.CC.CC.CC. The summed E-state index contributed by atoms with van der Waals surface area (Å²) in [6.07, 6.45) is 5.69. The van der Waals surface area contributed by atoms with Gasteiger partial charge < -0.3 is 0 Å². The van der Waals surface area contributed by atoms with Crippen LogP contribution in [0.2, 0.25) is 0 Å². The van der Waals surface area contributed by atoms with Gasteiger partial charge >= 0.3 is 0 Å². The van der Waals surface area contributed by atoms with Gasteiger partial charge in [-0.1, -0.05) is 110 Å². The minimum absolute atomic E-state index is 0.381. The fourth-order valence-corrected chi connectivity index (χ4v) is 1.46. The largest absolute Gasteiger partial charge is 0.0991 e. The van der Waals surface area contributed by atoms with Crippen molar-refractivity contribution in [1.29, 1.82) is 0 Å². The van der Waals surface area contributed by atoms with Crippen molar-refractivity contribution in [2.45, 2.75) is 54.4 Å². The lowest BCUT2D eigenvalue weighted by Crippen LogP contribution is -1.95. The van der Waals surface area contributed by atoms with Crippen molar-refractivity contribution in [2.24, 2.45) is 0 Å². The maximum absolute atomic E-state index is 3.81. The first-order valence-electron chi connectivity index (χ1n) is 7.79. The molecule has 0 saturated heterocycles. The maximum atomic E-state index is 3.81. The van der Waals surface area contributed by atoms with Gasteiger partial charge in [0.25, 0.3) is 0 Å². The first-order valence-corrected chi connectivity index (χ1v) is 7.79. The highest BCUT2D eigenvalue weighted by molar-refractivity contribution is 5.34. The van der Waals surface area contributed by atoms with Gasteiger partial charge in [-0.3, -0.25) is 0 Å². The zero-order valence-electron chi connectivity index (χ0n) is 14.6. The van der Waals surface area contributed by atoms with E-state index in [1.807, 2.05) is 59.8 Å². The van der Waals surface area contributed by atoms with Crippen molar-refractivity contribution < 1.29 is 0 Å². The van der Waals surface area contributed by atoms with Gasteiger partial charge in [0.05, 0.1) is 0 Å². The second-order valence-electron chi connectivity index (χ2n) is 3.24. The van der Waals surface area contributed by atoms with Crippen LogP contribution in [0.4, 0.5) is 0 Å². The molecule has 0 fully saturated rings. The lowest BCUT2D eigenvalue weighted by Gasteiger charge is -2.12. The van der Waals surface area contributed by atoms with E-state index < -0.39 is 0 Å². The number of hydrogen-bond donors (Lipinski definition) is 0. The summed E-state index contributed by atoms with van der Waals surface area (Å²) < 4.78 is 0. The Morgan fingerprint density at radius 1 is 0.900 bits per heavy atom. The smallest absolute Gasteiger partial charge is 0.00607 e. The fraction of sp³-hybridized carbons (Fsp3) is 0.400. The van der Waals surface area contributed by atoms with Gasteiger partial charge in [0.1, 0.15) is 0 Å². The van der Waals surface area contributed by atoms with Gasteiger partial charge in [0.15, 0.2) is 0 Å². The first kappa shape index (κ1) is 23.5. The second-order valence-corrected chi connectivity index (χ2v) is 3.24. The molecule has 1 rings (SSSR count). The number of hydrogen-bond acceptors (Lipinski definition) is 0. The summed E-state index contributed by atoms with van der Waals surface area (Å²) in [6.45, 7) is 21.7. The van der Waals surface area contributed by atoms with Crippen molar-refractivity contribution in [3.8, 4) is 0 Å². The maximum Gasteiger partial charge on any atom is 0.00607 e. The molecule has 0 heteroatoms. The lowest BCUT2D eigenvalue weighted by molar-refractivity contribution is 0.922. The molecule has 114 valence electrons. The Morgan fingerprint density at radius 3 is 1.70 bits per heavy atom. The van der Waals surface area contributed by atoms with Crippen LogP contribution in [-0.2, 0) is 0 Å². The molecular formula is C20H34. The molecule has 1 atom stereocenters. The summed E-state index contributed by atoms with van der Waals surface area (Å²) in [4.78, 5) is 0. The van der Waals surface area contributed by atoms with Gasteiger partial charge in [0.2, 0.25) is 0 Å². The van der Waals surface area contributed by atoms with Gasteiger partial charge in [-0.15, -0.1) is 0 Å². The Kier molecular flexibility index (Phi) is 23.3. The van der Waals surface area contributed by atoms with Crippen LogP contribution in [-0.4, -0.2) is 0 Å². The monoisotopic (exact) mass is 274 g/mol. The zero-order chi connectivity index (χ0) is 16.4. The summed E-state index contributed by atoms with van der Waals surface area (Å²) in [5.74, 6) is 0.381. The first-order chi connectivity index (χ1) is 9.79. The number of allylic oxidation sites excluding steroid dienone is 4. The Labute approximate surface area is 127 Å². The van der Waals surface area contributed by atoms with Crippen molar-refractivity contribution in [3.63, 3.8) is 0 Å². The molecule has 0 aliphatic heterocycles. The van der Waals surface area contributed by atoms with Crippen LogP contribution in [0.15, 0.2) is 67.3 Å². The fourth-order valence-electron chi connectivity index (χ4n) is 1.46. The summed E-state index contributed by atoms with van der Waals surface area (Å²) in [5, 5.41) is 0. The summed E-state index contributed by atoms with van der Waals surface area (Å²) in [5.41, 5.74) is 2.51. The highest BCUT2D eigenvalue weighted by atomic mass is 14.1. The molecule has 1 aromatic rings. The Morgan fingerprint density at radius 2 is 1.35 bits per heavy atom. The third-order valence-corrected chi connectivity index (χ3v) is 2.35. The van der Waals surface area contributed by atoms with Gasteiger partial charge in [0, 0.05) is 5.92 Å². The van der Waals surface area contributed by atoms with Gasteiger partial charge in [-0.2, -0.15) is 0 Å². The Balaban J connectivity index is -0.000000425. The highest BCUT2D eigenvalue weighted by Gasteiger charge is 2.06. The molecule has 0 aliphatic rings. The van der Waals surface area contributed by atoms with Crippen LogP contribution < -0.4 is 0 Å². The summed E-state index contributed by atoms with van der Waals surface area (Å²) >= 11 is 0. The van der Waals surface area contributed by atoms with Crippen LogP contribution >= 0.6 is 0 Å². The average Bonchev–Trinajstić information content (AvgIpc) is 2.58. The highest BCUT2D eigenvalue weighted by Crippen LogP contribution is 2.23. The summed E-state index contributed by atoms with van der Waals surface area (Å²) in [7, 11) is 0. The van der Waals surface area contributed by atoms with E-state index in [0.717, 1.165) is 0 Å². The quantitative estimate of drug-likeness (QED) is 0.511. The van der Waals surface area contributed by atoms with E-state index in [0.29, 0.717) is 5.92 Å². The molecule has 0 aromatic heterocycles. The predicted octanol–water partition coefficient (Wildman–Crippen LogP) is 7.17. The van der Waals surface area contributed by atoms with Crippen molar-refractivity contribution in [2.75, 3.05) is 0 Å². The lowest BCUT2D eigenvalue weighted by atomic mass is 9.93. The molecule has 20 heavy (non-hydrogen) atoms. The molecular weight excluding hydrogens is 240 g/mol. The molecule has 0 nitrogen and oxygen atoms in total. The van der Waals surface area contributed by atoms with E-state index in [2.05, 4.69) is 44.3 Å². The topological polar surface area (TPSA) is 0 Å². The molecule has 0 spiro atoms. The zero-order valence-corrected chi connectivity index (χ0v) is 14.6. The minimum Gasteiger partial charge on any atom is -0.0991 e. The Bertz CT molecular complexity index is 330. The van der Waals surface area contributed by atoms with Crippen molar-refractivity contribution >= 4 is 0 Å².